The van der Waals surface area contributed by atoms with Crippen LogP contribution in [-0.2, 0) is 6.54 Å². The van der Waals surface area contributed by atoms with Gasteiger partial charge in [0.1, 0.15) is 0 Å². The van der Waals surface area contributed by atoms with Crippen molar-refractivity contribution in [2.75, 3.05) is 36.8 Å². The molecule has 1 saturated heterocycles. The average molecular weight is 303 g/mol. The first-order valence-electron chi connectivity index (χ1n) is 7.13. The molecule has 0 aliphatic carbocycles. The lowest BCUT2D eigenvalue weighted by atomic mass is 10.2. The third-order valence-electron chi connectivity index (χ3n) is 3.88. The number of halogens is 1. The van der Waals surface area contributed by atoms with Crippen LogP contribution in [0.1, 0.15) is 5.56 Å². The quantitative estimate of drug-likeness (QED) is 0.885. The van der Waals surface area contributed by atoms with Gasteiger partial charge in [-0.05, 0) is 35.9 Å². The molecule has 0 radical (unpaired) electrons. The standard InChI is InChI=1S/C16H19ClN4/c17-16-11-19-6-5-13(16)12-20-7-9-21(10-8-20)15-3-1-14(18)2-4-15/h1-6,11H,7-10,12,18H2. The van der Waals surface area contributed by atoms with Crippen molar-refractivity contribution in [1.29, 1.82) is 0 Å². The second kappa shape index (κ2) is 6.33. The van der Waals surface area contributed by atoms with Gasteiger partial charge in [0.25, 0.3) is 0 Å². The Morgan fingerprint density at radius 2 is 1.76 bits per heavy atom. The topological polar surface area (TPSA) is 45.4 Å². The van der Waals surface area contributed by atoms with E-state index in [1.807, 2.05) is 18.2 Å². The Bertz CT molecular complexity index is 591. The van der Waals surface area contributed by atoms with Crippen LogP contribution in [0.25, 0.3) is 0 Å². The fourth-order valence-corrected chi connectivity index (χ4v) is 2.80. The van der Waals surface area contributed by atoms with E-state index in [0.29, 0.717) is 0 Å². The molecule has 110 valence electrons. The summed E-state index contributed by atoms with van der Waals surface area (Å²) in [6.07, 6.45) is 3.51. The van der Waals surface area contributed by atoms with E-state index < -0.39 is 0 Å². The first kappa shape index (κ1) is 14.2. The van der Waals surface area contributed by atoms with Crippen LogP contribution < -0.4 is 10.6 Å². The third-order valence-corrected chi connectivity index (χ3v) is 4.22. The summed E-state index contributed by atoms with van der Waals surface area (Å²) in [6, 6.07) is 10.1. The maximum atomic E-state index is 6.17. The molecule has 4 nitrogen and oxygen atoms in total. The summed E-state index contributed by atoms with van der Waals surface area (Å²) in [7, 11) is 0. The Hall–Kier alpha value is -1.78. The van der Waals surface area contributed by atoms with E-state index in [1.165, 1.54) is 5.69 Å². The van der Waals surface area contributed by atoms with Crippen LogP contribution in [0.2, 0.25) is 5.02 Å². The smallest absolute Gasteiger partial charge is 0.0634 e. The van der Waals surface area contributed by atoms with E-state index in [-0.39, 0.29) is 0 Å². The van der Waals surface area contributed by atoms with Crippen molar-refractivity contribution in [3.05, 3.63) is 53.3 Å². The number of hydrogen-bond acceptors (Lipinski definition) is 4. The normalized spacial score (nSPS) is 16.1. The van der Waals surface area contributed by atoms with Gasteiger partial charge in [0.05, 0.1) is 5.02 Å². The van der Waals surface area contributed by atoms with Gasteiger partial charge in [-0.1, -0.05) is 11.6 Å². The van der Waals surface area contributed by atoms with E-state index in [0.717, 1.165) is 49.0 Å². The van der Waals surface area contributed by atoms with Gasteiger partial charge in [0, 0.05) is 56.5 Å². The Labute approximate surface area is 130 Å². The molecule has 2 heterocycles. The molecule has 0 atom stereocenters. The summed E-state index contributed by atoms with van der Waals surface area (Å²) in [5, 5.41) is 0.749. The zero-order valence-electron chi connectivity index (χ0n) is 11.9. The highest BCUT2D eigenvalue weighted by Crippen LogP contribution is 2.20. The fourth-order valence-electron chi connectivity index (χ4n) is 2.62. The Morgan fingerprint density at radius 3 is 2.43 bits per heavy atom. The number of benzene rings is 1. The molecule has 1 aliphatic heterocycles. The Balaban J connectivity index is 1.58. The highest BCUT2D eigenvalue weighted by Gasteiger charge is 2.17. The van der Waals surface area contributed by atoms with E-state index in [9.17, 15) is 0 Å². The summed E-state index contributed by atoms with van der Waals surface area (Å²) in [4.78, 5) is 8.85. The molecule has 2 aromatic rings. The van der Waals surface area contributed by atoms with Crippen molar-refractivity contribution in [3.8, 4) is 0 Å². The summed E-state index contributed by atoms with van der Waals surface area (Å²) in [5.41, 5.74) is 8.93. The second-order valence-electron chi connectivity index (χ2n) is 5.32. The Morgan fingerprint density at radius 1 is 1.05 bits per heavy atom. The number of pyridine rings is 1. The molecule has 0 bridgehead atoms. The van der Waals surface area contributed by atoms with Crippen LogP contribution in [0.3, 0.4) is 0 Å². The molecule has 0 unspecified atom stereocenters. The zero-order valence-corrected chi connectivity index (χ0v) is 12.6. The highest BCUT2D eigenvalue weighted by atomic mass is 35.5. The summed E-state index contributed by atoms with van der Waals surface area (Å²) < 4.78 is 0. The molecule has 1 aromatic heterocycles. The van der Waals surface area contributed by atoms with Crippen LogP contribution in [0.15, 0.2) is 42.7 Å². The lowest BCUT2D eigenvalue weighted by Gasteiger charge is -2.36. The van der Waals surface area contributed by atoms with Gasteiger partial charge in [0.15, 0.2) is 0 Å². The third kappa shape index (κ3) is 3.46. The summed E-state index contributed by atoms with van der Waals surface area (Å²) in [6.45, 7) is 4.99. The van der Waals surface area contributed by atoms with Crippen molar-refractivity contribution in [3.63, 3.8) is 0 Å². The molecule has 21 heavy (non-hydrogen) atoms. The number of hydrogen-bond donors (Lipinski definition) is 1. The second-order valence-corrected chi connectivity index (χ2v) is 5.73. The number of aromatic nitrogens is 1. The van der Waals surface area contributed by atoms with E-state index in [1.54, 1.807) is 12.4 Å². The molecular formula is C16H19ClN4. The van der Waals surface area contributed by atoms with Gasteiger partial charge in [-0.15, -0.1) is 0 Å². The lowest BCUT2D eigenvalue weighted by molar-refractivity contribution is 0.250. The number of nitrogens with two attached hydrogens (primary N) is 1. The number of rotatable bonds is 3. The molecule has 1 aliphatic rings. The first-order valence-corrected chi connectivity index (χ1v) is 7.51. The van der Waals surface area contributed by atoms with Gasteiger partial charge >= 0.3 is 0 Å². The molecule has 0 amide bonds. The van der Waals surface area contributed by atoms with Gasteiger partial charge in [-0.3, -0.25) is 9.88 Å². The maximum Gasteiger partial charge on any atom is 0.0634 e. The molecule has 2 N–H and O–H groups in total. The van der Waals surface area contributed by atoms with Gasteiger partial charge < -0.3 is 10.6 Å². The minimum atomic E-state index is 0.749. The molecule has 0 saturated carbocycles. The van der Waals surface area contributed by atoms with Crippen molar-refractivity contribution in [2.45, 2.75) is 6.54 Å². The average Bonchev–Trinajstić information content (AvgIpc) is 2.51. The van der Waals surface area contributed by atoms with Crippen molar-refractivity contribution in [1.82, 2.24) is 9.88 Å². The monoisotopic (exact) mass is 302 g/mol. The van der Waals surface area contributed by atoms with Crippen LogP contribution >= 0.6 is 11.6 Å². The largest absolute Gasteiger partial charge is 0.399 e. The van der Waals surface area contributed by atoms with E-state index >= 15 is 0 Å². The van der Waals surface area contributed by atoms with Crippen LogP contribution in [0, 0.1) is 0 Å². The highest BCUT2D eigenvalue weighted by molar-refractivity contribution is 6.31. The number of nitrogen functional groups attached to an aromatic ring is 1. The van der Waals surface area contributed by atoms with Gasteiger partial charge in [0.2, 0.25) is 0 Å². The predicted octanol–water partition coefficient (Wildman–Crippen LogP) is 2.64. The molecule has 3 rings (SSSR count). The molecule has 5 heteroatoms. The minimum absolute atomic E-state index is 0.749. The van der Waals surface area contributed by atoms with Crippen LogP contribution in [0.4, 0.5) is 11.4 Å². The fraction of sp³-hybridized carbons (Fsp3) is 0.312. The van der Waals surface area contributed by atoms with Crippen molar-refractivity contribution < 1.29 is 0 Å². The molecule has 1 aromatic carbocycles. The summed E-state index contributed by atoms with van der Waals surface area (Å²) >= 11 is 6.17. The molecular weight excluding hydrogens is 284 g/mol. The number of nitrogens with zero attached hydrogens (tertiary/aromatic N) is 3. The van der Waals surface area contributed by atoms with Gasteiger partial charge in [-0.25, -0.2) is 0 Å². The maximum absolute atomic E-state index is 6.17. The SMILES string of the molecule is Nc1ccc(N2CCN(Cc3ccncc3Cl)CC2)cc1. The van der Waals surface area contributed by atoms with Crippen molar-refractivity contribution >= 4 is 23.0 Å². The van der Waals surface area contributed by atoms with E-state index in [4.69, 9.17) is 17.3 Å². The zero-order chi connectivity index (χ0) is 14.7. The van der Waals surface area contributed by atoms with Gasteiger partial charge in [-0.2, -0.15) is 0 Å². The van der Waals surface area contributed by atoms with Crippen LogP contribution in [-0.4, -0.2) is 36.1 Å². The predicted molar refractivity (Wildman–Crippen MR) is 87.6 cm³/mol. The minimum Gasteiger partial charge on any atom is -0.399 e. The molecule has 0 spiro atoms. The first-order chi connectivity index (χ1) is 10.2. The number of piperazine rings is 1. The van der Waals surface area contributed by atoms with Crippen LogP contribution in [0.5, 0.6) is 0 Å². The summed E-state index contributed by atoms with van der Waals surface area (Å²) in [5.74, 6) is 0. The van der Waals surface area contributed by atoms with E-state index in [2.05, 4.69) is 26.9 Å². The molecule has 1 fully saturated rings. The van der Waals surface area contributed by atoms with Crippen molar-refractivity contribution in [2.24, 2.45) is 0 Å². The lowest BCUT2D eigenvalue weighted by Crippen LogP contribution is -2.46. The Kier molecular flexibility index (Phi) is 4.27. The number of anilines is 2.